The van der Waals surface area contributed by atoms with Crippen LogP contribution in [0.15, 0.2) is 30.3 Å². The molecule has 19 heavy (non-hydrogen) atoms. The summed E-state index contributed by atoms with van der Waals surface area (Å²) in [5, 5.41) is 6.17. The molecule has 1 amide bonds. The summed E-state index contributed by atoms with van der Waals surface area (Å²) in [4.78, 5) is 12.4. The highest BCUT2D eigenvalue weighted by Gasteiger charge is 2.45. The highest BCUT2D eigenvalue weighted by atomic mass is 35.5. The molecule has 0 spiro atoms. The molecule has 0 aliphatic heterocycles. The quantitative estimate of drug-likeness (QED) is 0.786. The van der Waals surface area contributed by atoms with E-state index in [9.17, 15) is 4.79 Å². The molecule has 1 aliphatic rings. The summed E-state index contributed by atoms with van der Waals surface area (Å²) >= 11 is 0. The number of benzene rings is 1. The van der Waals surface area contributed by atoms with Crippen LogP contribution in [0.3, 0.4) is 0 Å². The summed E-state index contributed by atoms with van der Waals surface area (Å²) in [5.41, 5.74) is 0.920. The summed E-state index contributed by atoms with van der Waals surface area (Å²) < 4.78 is 0. The monoisotopic (exact) mass is 282 g/mol. The molecule has 2 rings (SSSR count). The predicted molar refractivity (Wildman–Crippen MR) is 80.8 cm³/mol. The number of carbonyl (C=O) groups is 1. The summed E-state index contributed by atoms with van der Waals surface area (Å²) in [5.74, 6) is 0.205. The van der Waals surface area contributed by atoms with Crippen molar-refractivity contribution in [2.45, 2.75) is 31.1 Å². The fourth-order valence-electron chi connectivity index (χ4n) is 2.57. The van der Waals surface area contributed by atoms with Gasteiger partial charge in [0.2, 0.25) is 5.91 Å². The third-order valence-corrected chi connectivity index (χ3v) is 3.86. The number of rotatable bonds is 6. The summed E-state index contributed by atoms with van der Waals surface area (Å²) in [6.45, 7) is 1.70. The molecule has 4 heteroatoms. The smallest absolute Gasteiger partial charge is 0.230 e. The van der Waals surface area contributed by atoms with Crippen molar-refractivity contribution in [2.75, 3.05) is 20.1 Å². The third-order valence-electron chi connectivity index (χ3n) is 3.86. The molecule has 0 unspecified atom stereocenters. The van der Waals surface area contributed by atoms with Gasteiger partial charge in [0.05, 0.1) is 5.41 Å². The molecule has 1 saturated carbocycles. The van der Waals surface area contributed by atoms with Crippen LogP contribution in [-0.2, 0) is 10.2 Å². The standard InChI is InChI=1S/C15H22N2O.ClH/c1-16-11-6-12-17-14(18)15(9-5-10-15)13-7-3-2-4-8-13;/h2-4,7-8,16H,5-6,9-12H2,1H3,(H,17,18);1H. The molecule has 0 bridgehead atoms. The Morgan fingerprint density at radius 2 is 1.89 bits per heavy atom. The van der Waals surface area contributed by atoms with Crippen LogP contribution in [0.4, 0.5) is 0 Å². The number of hydrogen-bond acceptors (Lipinski definition) is 2. The van der Waals surface area contributed by atoms with Crippen LogP contribution in [0.2, 0.25) is 0 Å². The van der Waals surface area contributed by atoms with Gasteiger partial charge in [-0.05, 0) is 38.4 Å². The van der Waals surface area contributed by atoms with E-state index in [2.05, 4.69) is 22.8 Å². The van der Waals surface area contributed by atoms with Crippen LogP contribution in [0.5, 0.6) is 0 Å². The first-order valence-electron chi connectivity index (χ1n) is 6.78. The molecule has 1 fully saturated rings. The Bertz CT molecular complexity index is 390. The zero-order chi connectivity index (χ0) is 12.8. The van der Waals surface area contributed by atoms with E-state index in [-0.39, 0.29) is 23.7 Å². The van der Waals surface area contributed by atoms with E-state index >= 15 is 0 Å². The largest absolute Gasteiger partial charge is 0.355 e. The highest BCUT2D eigenvalue weighted by molar-refractivity contribution is 5.89. The molecule has 0 atom stereocenters. The topological polar surface area (TPSA) is 41.1 Å². The first-order chi connectivity index (χ1) is 8.79. The molecule has 1 aromatic rings. The first kappa shape index (κ1) is 16.0. The zero-order valence-corrected chi connectivity index (χ0v) is 12.3. The van der Waals surface area contributed by atoms with E-state index in [0.29, 0.717) is 0 Å². The minimum atomic E-state index is -0.249. The highest BCUT2D eigenvalue weighted by Crippen LogP contribution is 2.43. The lowest BCUT2D eigenvalue weighted by Crippen LogP contribution is -2.49. The molecule has 3 nitrogen and oxygen atoms in total. The minimum absolute atomic E-state index is 0. The van der Waals surface area contributed by atoms with Gasteiger partial charge >= 0.3 is 0 Å². The van der Waals surface area contributed by atoms with Gasteiger partial charge < -0.3 is 10.6 Å². The first-order valence-corrected chi connectivity index (χ1v) is 6.78. The number of amides is 1. The zero-order valence-electron chi connectivity index (χ0n) is 11.4. The van der Waals surface area contributed by atoms with Gasteiger partial charge in [-0.3, -0.25) is 4.79 Å². The Balaban J connectivity index is 0.00000180. The Kier molecular flexibility index (Phi) is 6.32. The van der Waals surface area contributed by atoms with E-state index in [1.165, 1.54) is 5.56 Å². The van der Waals surface area contributed by atoms with Gasteiger partial charge in [-0.1, -0.05) is 36.8 Å². The van der Waals surface area contributed by atoms with E-state index in [4.69, 9.17) is 0 Å². The summed E-state index contributed by atoms with van der Waals surface area (Å²) in [6.07, 6.45) is 4.09. The van der Waals surface area contributed by atoms with E-state index in [1.54, 1.807) is 0 Å². The van der Waals surface area contributed by atoms with E-state index in [1.807, 2.05) is 25.2 Å². The van der Waals surface area contributed by atoms with E-state index in [0.717, 1.165) is 38.8 Å². The van der Waals surface area contributed by atoms with Gasteiger partial charge in [-0.2, -0.15) is 0 Å². The van der Waals surface area contributed by atoms with Gasteiger partial charge in [0.1, 0.15) is 0 Å². The van der Waals surface area contributed by atoms with Crippen molar-refractivity contribution in [1.82, 2.24) is 10.6 Å². The Hall–Kier alpha value is -1.06. The van der Waals surface area contributed by atoms with Crippen LogP contribution in [0, 0.1) is 0 Å². The SMILES string of the molecule is CNCCCNC(=O)C1(c2ccccc2)CCC1.Cl. The van der Waals surface area contributed by atoms with Gasteiger partial charge in [0.15, 0.2) is 0 Å². The van der Waals surface area contributed by atoms with Crippen molar-refractivity contribution < 1.29 is 4.79 Å². The van der Waals surface area contributed by atoms with Crippen LogP contribution < -0.4 is 10.6 Å². The van der Waals surface area contributed by atoms with E-state index < -0.39 is 0 Å². The molecular formula is C15H23ClN2O. The van der Waals surface area contributed by atoms with Crippen LogP contribution in [0.1, 0.15) is 31.2 Å². The van der Waals surface area contributed by atoms with Crippen molar-refractivity contribution in [3.63, 3.8) is 0 Å². The molecule has 0 radical (unpaired) electrons. The van der Waals surface area contributed by atoms with Crippen molar-refractivity contribution in [1.29, 1.82) is 0 Å². The van der Waals surface area contributed by atoms with Crippen LogP contribution in [-0.4, -0.2) is 26.0 Å². The summed E-state index contributed by atoms with van der Waals surface area (Å²) in [6, 6.07) is 10.2. The minimum Gasteiger partial charge on any atom is -0.355 e. The number of hydrogen-bond donors (Lipinski definition) is 2. The van der Waals surface area contributed by atoms with Gasteiger partial charge in [0, 0.05) is 6.54 Å². The molecular weight excluding hydrogens is 260 g/mol. The van der Waals surface area contributed by atoms with Crippen LogP contribution >= 0.6 is 12.4 Å². The number of halogens is 1. The molecule has 106 valence electrons. The molecule has 0 aromatic heterocycles. The Labute approximate surface area is 121 Å². The van der Waals surface area contributed by atoms with Gasteiger partial charge in [-0.15, -0.1) is 12.4 Å². The van der Waals surface area contributed by atoms with Crippen molar-refractivity contribution in [3.8, 4) is 0 Å². The predicted octanol–water partition coefficient (Wildman–Crippen LogP) is 2.26. The van der Waals surface area contributed by atoms with Gasteiger partial charge in [-0.25, -0.2) is 0 Å². The van der Waals surface area contributed by atoms with Crippen molar-refractivity contribution in [3.05, 3.63) is 35.9 Å². The summed E-state index contributed by atoms with van der Waals surface area (Å²) in [7, 11) is 1.93. The second kappa shape index (κ2) is 7.51. The number of nitrogens with one attached hydrogen (secondary N) is 2. The Morgan fingerprint density at radius 3 is 2.42 bits per heavy atom. The normalized spacial score (nSPS) is 16.1. The molecule has 0 heterocycles. The van der Waals surface area contributed by atoms with Crippen molar-refractivity contribution in [2.24, 2.45) is 0 Å². The van der Waals surface area contributed by atoms with Crippen molar-refractivity contribution >= 4 is 18.3 Å². The average Bonchev–Trinajstić information content (AvgIpc) is 2.35. The Morgan fingerprint density at radius 1 is 1.21 bits per heavy atom. The second-order valence-corrected chi connectivity index (χ2v) is 5.01. The van der Waals surface area contributed by atoms with Gasteiger partial charge in [0.25, 0.3) is 0 Å². The fourth-order valence-corrected chi connectivity index (χ4v) is 2.57. The second-order valence-electron chi connectivity index (χ2n) is 5.01. The molecule has 0 saturated heterocycles. The lowest BCUT2D eigenvalue weighted by Gasteiger charge is -2.40. The maximum atomic E-state index is 12.4. The maximum Gasteiger partial charge on any atom is 0.230 e. The molecule has 1 aliphatic carbocycles. The molecule has 2 N–H and O–H groups in total. The average molecular weight is 283 g/mol. The fraction of sp³-hybridized carbons (Fsp3) is 0.533. The number of carbonyl (C=O) groups excluding carboxylic acids is 1. The third kappa shape index (κ3) is 3.48. The van der Waals surface area contributed by atoms with Crippen LogP contribution in [0.25, 0.3) is 0 Å². The lowest BCUT2D eigenvalue weighted by atomic mass is 9.64. The lowest BCUT2D eigenvalue weighted by molar-refractivity contribution is -0.129. The molecule has 1 aromatic carbocycles. The maximum absolute atomic E-state index is 12.4.